The van der Waals surface area contributed by atoms with Crippen LogP contribution in [-0.2, 0) is 11.3 Å². The molecule has 0 amide bonds. The van der Waals surface area contributed by atoms with Crippen molar-refractivity contribution in [3.8, 4) is 0 Å². The summed E-state index contributed by atoms with van der Waals surface area (Å²) in [5, 5.41) is 1.20. The van der Waals surface area contributed by atoms with Crippen molar-refractivity contribution in [1.82, 2.24) is 14.5 Å². The van der Waals surface area contributed by atoms with Crippen LogP contribution in [0.25, 0.3) is 17.1 Å². The number of aromatic nitrogens is 3. The van der Waals surface area contributed by atoms with Crippen LogP contribution in [0.15, 0.2) is 61.2 Å². The highest BCUT2D eigenvalue weighted by Gasteiger charge is 2.01. The van der Waals surface area contributed by atoms with Crippen molar-refractivity contribution in [2.45, 2.75) is 45.1 Å². The Hall–Kier alpha value is -2.75. The van der Waals surface area contributed by atoms with Gasteiger partial charge >= 0.3 is 0 Å². The van der Waals surface area contributed by atoms with Gasteiger partial charge in [0, 0.05) is 43.1 Å². The molecule has 3 aromatic rings. The Morgan fingerprint density at radius 3 is 2.73 bits per heavy atom. The van der Waals surface area contributed by atoms with Crippen LogP contribution in [0, 0.1) is 0 Å². The first kappa shape index (κ1) is 18.1. The third-order valence-electron chi connectivity index (χ3n) is 4.49. The van der Waals surface area contributed by atoms with Gasteiger partial charge in [-0.2, -0.15) is 0 Å². The number of unbranched alkanes of at least 4 members (excludes halogenated alkanes) is 4. The van der Waals surface area contributed by atoms with E-state index in [4.69, 9.17) is 0 Å². The van der Waals surface area contributed by atoms with Gasteiger partial charge in [0.15, 0.2) is 5.78 Å². The molecule has 0 unspecified atom stereocenters. The molecule has 0 saturated carbocycles. The molecule has 0 aliphatic carbocycles. The fraction of sp³-hybridized carbons (Fsp3) is 0.318. The van der Waals surface area contributed by atoms with E-state index in [1.807, 2.05) is 30.5 Å². The topological polar surface area (TPSA) is 47.8 Å². The quantitative estimate of drug-likeness (QED) is 0.381. The highest BCUT2D eigenvalue weighted by Crippen LogP contribution is 2.14. The molecule has 26 heavy (non-hydrogen) atoms. The first-order valence-electron chi connectivity index (χ1n) is 9.34. The number of allylic oxidation sites excluding steroid dienone is 1. The van der Waals surface area contributed by atoms with Crippen LogP contribution in [0.5, 0.6) is 0 Å². The van der Waals surface area contributed by atoms with Crippen LogP contribution in [0.3, 0.4) is 0 Å². The van der Waals surface area contributed by atoms with Gasteiger partial charge in [0.2, 0.25) is 0 Å². The minimum absolute atomic E-state index is 0.193. The number of hydrogen-bond acceptors (Lipinski definition) is 3. The Labute approximate surface area is 154 Å². The molecule has 0 radical (unpaired) electrons. The number of hydrogen-bond donors (Lipinski definition) is 0. The first-order valence-corrected chi connectivity index (χ1v) is 9.34. The summed E-state index contributed by atoms with van der Waals surface area (Å²) in [7, 11) is 0. The van der Waals surface area contributed by atoms with E-state index >= 15 is 0 Å². The van der Waals surface area contributed by atoms with Crippen LogP contribution in [0.2, 0.25) is 0 Å². The molecular formula is C22H25N3O. The number of nitrogens with zero attached hydrogens (tertiary/aromatic N) is 3. The predicted octanol–water partition coefficient (Wildman–Crippen LogP) is 5.05. The van der Waals surface area contributed by atoms with Crippen molar-refractivity contribution in [3.05, 3.63) is 66.8 Å². The summed E-state index contributed by atoms with van der Waals surface area (Å²) in [6, 6.07) is 10.0. The molecule has 0 saturated heterocycles. The van der Waals surface area contributed by atoms with E-state index in [-0.39, 0.29) is 5.78 Å². The minimum Gasteiger partial charge on any atom is -0.333 e. The lowest BCUT2D eigenvalue weighted by molar-refractivity contribution is -0.114. The summed E-state index contributed by atoms with van der Waals surface area (Å²) < 4.78 is 2.22. The Morgan fingerprint density at radius 1 is 1.00 bits per heavy atom. The zero-order valence-electron chi connectivity index (χ0n) is 15.1. The summed E-state index contributed by atoms with van der Waals surface area (Å²) in [5.41, 5.74) is 2.03. The fourth-order valence-corrected chi connectivity index (χ4v) is 3.06. The summed E-state index contributed by atoms with van der Waals surface area (Å²) in [5.74, 6) is 0.193. The molecule has 4 heteroatoms. The maximum Gasteiger partial charge on any atom is 0.155 e. The fourth-order valence-electron chi connectivity index (χ4n) is 3.06. The van der Waals surface area contributed by atoms with Gasteiger partial charge in [-0.15, -0.1) is 0 Å². The monoisotopic (exact) mass is 347 g/mol. The molecular weight excluding hydrogens is 322 g/mol. The lowest BCUT2D eigenvalue weighted by atomic mass is 10.1. The van der Waals surface area contributed by atoms with Crippen molar-refractivity contribution in [3.63, 3.8) is 0 Å². The van der Waals surface area contributed by atoms with E-state index in [1.54, 1.807) is 18.5 Å². The normalized spacial score (nSPS) is 11.4. The van der Waals surface area contributed by atoms with Crippen molar-refractivity contribution in [2.24, 2.45) is 0 Å². The molecule has 0 spiro atoms. The number of fused-ring (bicyclic) bond motifs is 1. The van der Waals surface area contributed by atoms with Crippen molar-refractivity contribution in [1.29, 1.82) is 0 Å². The van der Waals surface area contributed by atoms with Gasteiger partial charge in [-0.25, -0.2) is 4.98 Å². The van der Waals surface area contributed by atoms with Gasteiger partial charge in [-0.3, -0.25) is 9.78 Å². The lowest BCUT2D eigenvalue weighted by Crippen LogP contribution is -1.97. The summed E-state index contributed by atoms with van der Waals surface area (Å²) in [6.45, 7) is 1.01. The van der Waals surface area contributed by atoms with E-state index in [0.717, 1.165) is 37.0 Å². The van der Waals surface area contributed by atoms with Gasteiger partial charge in [-0.1, -0.05) is 25.3 Å². The molecule has 0 atom stereocenters. The summed E-state index contributed by atoms with van der Waals surface area (Å²) in [6.07, 6.45) is 17.2. The molecule has 0 aliphatic rings. The van der Waals surface area contributed by atoms with Crippen LogP contribution in [-0.4, -0.2) is 20.3 Å². The Balaban J connectivity index is 1.28. The average Bonchev–Trinajstić information content (AvgIpc) is 3.10. The standard InChI is InChI=1S/C22H25N3O/c26-21(12-11-19-8-6-14-23-18-19)10-4-2-1-3-5-16-25-17-13-20-9-7-15-24-22(20)25/h6-9,11-15,17-18H,1-5,10,16H2/b12-11+. The largest absolute Gasteiger partial charge is 0.333 e. The third kappa shape index (κ3) is 5.38. The second kappa shape index (κ2) is 9.66. The highest BCUT2D eigenvalue weighted by atomic mass is 16.1. The molecule has 3 rings (SSSR count). The molecule has 0 aromatic carbocycles. The van der Waals surface area contributed by atoms with E-state index in [1.165, 1.54) is 18.2 Å². The van der Waals surface area contributed by atoms with Crippen molar-refractivity contribution in [2.75, 3.05) is 0 Å². The number of ketones is 1. The van der Waals surface area contributed by atoms with Crippen molar-refractivity contribution < 1.29 is 4.79 Å². The maximum atomic E-state index is 11.9. The molecule has 0 fully saturated rings. The predicted molar refractivity (Wildman–Crippen MR) is 106 cm³/mol. The Morgan fingerprint density at radius 2 is 1.85 bits per heavy atom. The molecule has 4 nitrogen and oxygen atoms in total. The maximum absolute atomic E-state index is 11.9. The molecule has 134 valence electrons. The van der Waals surface area contributed by atoms with Crippen LogP contribution in [0.1, 0.15) is 44.1 Å². The van der Waals surface area contributed by atoms with Gasteiger partial charge < -0.3 is 4.57 Å². The second-order valence-electron chi connectivity index (χ2n) is 6.53. The number of carbonyl (C=O) groups excluding carboxylic acids is 1. The SMILES string of the molecule is O=C(/C=C/c1cccnc1)CCCCCCCn1ccc2cccnc21. The van der Waals surface area contributed by atoms with Crippen LogP contribution < -0.4 is 0 Å². The highest BCUT2D eigenvalue weighted by molar-refractivity contribution is 5.93. The minimum atomic E-state index is 0.193. The third-order valence-corrected chi connectivity index (χ3v) is 4.49. The van der Waals surface area contributed by atoms with Gasteiger partial charge in [-0.05, 0) is 54.8 Å². The number of rotatable bonds is 10. The molecule has 0 bridgehead atoms. The molecule has 0 aliphatic heterocycles. The number of carbonyl (C=O) groups is 1. The van der Waals surface area contributed by atoms with Gasteiger partial charge in [0.05, 0.1) is 0 Å². The van der Waals surface area contributed by atoms with E-state index in [9.17, 15) is 4.79 Å². The Bertz CT molecular complexity index is 852. The molecule has 0 N–H and O–H groups in total. The second-order valence-corrected chi connectivity index (χ2v) is 6.53. The van der Waals surface area contributed by atoms with Gasteiger partial charge in [0.1, 0.15) is 5.65 Å². The van der Waals surface area contributed by atoms with E-state index in [2.05, 4.69) is 32.9 Å². The number of pyridine rings is 2. The first-order chi connectivity index (χ1) is 12.8. The van der Waals surface area contributed by atoms with Crippen LogP contribution in [0.4, 0.5) is 0 Å². The zero-order chi connectivity index (χ0) is 18.0. The summed E-state index contributed by atoms with van der Waals surface area (Å²) in [4.78, 5) is 20.3. The van der Waals surface area contributed by atoms with E-state index < -0.39 is 0 Å². The molecule has 3 aromatic heterocycles. The zero-order valence-corrected chi connectivity index (χ0v) is 15.1. The average molecular weight is 347 g/mol. The smallest absolute Gasteiger partial charge is 0.155 e. The lowest BCUT2D eigenvalue weighted by Gasteiger charge is -2.04. The van der Waals surface area contributed by atoms with Crippen LogP contribution >= 0.6 is 0 Å². The Kier molecular flexibility index (Phi) is 6.71. The summed E-state index contributed by atoms with van der Waals surface area (Å²) >= 11 is 0. The van der Waals surface area contributed by atoms with Crippen molar-refractivity contribution >= 4 is 22.9 Å². The van der Waals surface area contributed by atoms with Gasteiger partial charge in [0.25, 0.3) is 0 Å². The van der Waals surface area contributed by atoms with E-state index in [0.29, 0.717) is 6.42 Å². The number of aryl methyl sites for hydroxylation is 1. The molecule has 3 heterocycles.